The second-order valence-corrected chi connectivity index (χ2v) is 4.24. The highest BCUT2D eigenvalue weighted by Gasteiger charge is 2.12. The lowest BCUT2D eigenvalue weighted by Gasteiger charge is -2.07. The summed E-state index contributed by atoms with van der Waals surface area (Å²) in [5, 5.41) is 6.49. The van der Waals surface area contributed by atoms with Crippen molar-refractivity contribution in [3.8, 4) is 17.4 Å². The number of carbonyl (C=O) groups excluding carboxylic acids is 1. The first-order chi connectivity index (χ1) is 10.8. The highest BCUT2D eigenvalue weighted by molar-refractivity contribution is 5.90. The van der Waals surface area contributed by atoms with Crippen molar-refractivity contribution < 1.29 is 13.6 Å². The van der Waals surface area contributed by atoms with Crippen molar-refractivity contribution in [2.24, 2.45) is 0 Å². The van der Waals surface area contributed by atoms with Crippen molar-refractivity contribution in [3.05, 3.63) is 37.1 Å². The van der Waals surface area contributed by atoms with E-state index in [-0.39, 0.29) is 18.1 Å². The number of rotatable bonds is 5. The van der Waals surface area contributed by atoms with Crippen LogP contribution in [0.1, 0.15) is 6.42 Å². The SMILES string of the molecule is O=C(CCF)Nc1cc(-n2cncn2)nc(-c2ccco2)n1. The Kier molecular flexibility index (Phi) is 3.86. The Morgan fingerprint density at radius 3 is 3.00 bits per heavy atom. The zero-order valence-electron chi connectivity index (χ0n) is 11.3. The zero-order chi connectivity index (χ0) is 15.4. The molecule has 3 rings (SSSR count). The minimum absolute atomic E-state index is 0.227. The van der Waals surface area contributed by atoms with E-state index in [1.807, 2.05) is 0 Å². The minimum Gasteiger partial charge on any atom is -0.461 e. The van der Waals surface area contributed by atoms with Crippen molar-refractivity contribution in [1.82, 2.24) is 24.7 Å². The summed E-state index contributed by atoms with van der Waals surface area (Å²) in [5.74, 6) is 0.854. The molecule has 0 radical (unpaired) electrons. The van der Waals surface area contributed by atoms with Gasteiger partial charge in [-0.1, -0.05) is 0 Å². The van der Waals surface area contributed by atoms with Crippen LogP contribution in [0.3, 0.4) is 0 Å². The number of anilines is 1. The largest absolute Gasteiger partial charge is 0.461 e. The molecule has 0 atom stereocenters. The second-order valence-electron chi connectivity index (χ2n) is 4.24. The van der Waals surface area contributed by atoms with Crippen LogP contribution in [0.4, 0.5) is 10.2 Å². The first-order valence-corrected chi connectivity index (χ1v) is 6.40. The van der Waals surface area contributed by atoms with Crippen LogP contribution in [0.5, 0.6) is 0 Å². The molecule has 9 heteroatoms. The van der Waals surface area contributed by atoms with E-state index in [0.717, 1.165) is 0 Å². The minimum atomic E-state index is -0.738. The number of aromatic nitrogens is 5. The molecule has 0 aliphatic rings. The monoisotopic (exact) mass is 302 g/mol. The van der Waals surface area contributed by atoms with Crippen LogP contribution in [0, 0.1) is 0 Å². The molecule has 1 N–H and O–H groups in total. The molecule has 0 saturated heterocycles. The van der Waals surface area contributed by atoms with Crippen molar-refractivity contribution in [2.45, 2.75) is 6.42 Å². The Labute approximate surface area is 124 Å². The Hall–Kier alpha value is -3.10. The standard InChI is InChI=1S/C13H11FN6O2/c14-4-3-12(21)17-10-6-11(20-8-15-7-16-20)19-13(18-10)9-2-1-5-22-9/h1-2,5-8H,3-4H2,(H,17,18,19,21). The third-order valence-electron chi connectivity index (χ3n) is 2.70. The van der Waals surface area contributed by atoms with Gasteiger partial charge in [0, 0.05) is 6.07 Å². The maximum atomic E-state index is 12.2. The third-order valence-corrected chi connectivity index (χ3v) is 2.70. The van der Waals surface area contributed by atoms with Gasteiger partial charge < -0.3 is 9.73 Å². The molecular weight excluding hydrogens is 291 g/mol. The fourth-order valence-electron chi connectivity index (χ4n) is 1.75. The molecule has 8 nitrogen and oxygen atoms in total. The molecule has 0 unspecified atom stereocenters. The molecule has 0 fully saturated rings. The quantitative estimate of drug-likeness (QED) is 0.769. The highest BCUT2D eigenvalue weighted by atomic mass is 19.1. The molecule has 0 bridgehead atoms. The van der Waals surface area contributed by atoms with Crippen molar-refractivity contribution in [1.29, 1.82) is 0 Å². The zero-order valence-corrected chi connectivity index (χ0v) is 11.3. The first kappa shape index (κ1) is 13.9. The summed E-state index contributed by atoms with van der Waals surface area (Å²) in [7, 11) is 0. The maximum Gasteiger partial charge on any atom is 0.228 e. The van der Waals surface area contributed by atoms with Gasteiger partial charge in [0.15, 0.2) is 17.4 Å². The van der Waals surface area contributed by atoms with Crippen molar-refractivity contribution in [2.75, 3.05) is 12.0 Å². The van der Waals surface area contributed by atoms with E-state index in [0.29, 0.717) is 11.6 Å². The number of hydrogen-bond donors (Lipinski definition) is 1. The lowest BCUT2D eigenvalue weighted by molar-refractivity contribution is -0.116. The van der Waals surface area contributed by atoms with Gasteiger partial charge >= 0.3 is 0 Å². The van der Waals surface area contributed by atoms with Crippen molar-refractivity contribution in [3.63, 3.8) is 0 Å². The fourth-order valence-corrected chi connectivity index (χ4v) is 1.75. The summed E-state index contributed by atoms with van der Waals surface area (Å²) in [4.78, 5) is 23.9. The molecule has 3 heterocycles. The van der Waals surface area contributed by atoms with Gasteiger partial charge in [0.1, 0.15) is 18.5 Å². The summed E-state index contributed by atoms with van der Waals surface area (Å²) in [6.07, 6.45) is 4.07. The fraction of sp³-hybridized carbons (Fsp3) is 0.154. The van der Waals surface area contributed by atoms with Crippen LogP contribution in [0.15, 0.2) is 41.5 Å². The summed E-state index contributed by atoms with van der Waals surface area (Å²) < 4.78 is 18.9. The summed E-state index contributed by atoms with van der Waals surface area (Å²) in [5.41, 5.74) is 0. The van der Waals surface area contributed by atoms with Gasteiger partial charge in [-0.05, 0) is 12.1 Å². The van der Waals surface area contributed by atoms with Crippen LogP contribution in [0.2, 0.25) is 0 Å². The summed E-state index contributed by atoms with van der Waals surface area (Å²) in [6, 6.07) is 4.90. The number of halogens is 1. The lowest BCUT2D eigenvalue weighted by Crippen LogP contribution is -2.14. The molecular formula is C13H11FN6O2. The van der Waals surface area contributed by atoms with Gasteiger partial charge in [-0.3, -0.25) is 9.18 Å². The van der Waals surface area contributed by atoms with Gasteiger partial charge in [0.25, 0.3) is 0 Å². The van der Waals surface area contributed by atoms with E-state index in [4.69, 9.17) is 4.42 Å². The van der Waals surface area contributed by atoms with Crippen molar-refractivity contribution >= 4 is 11.7 Å². The topological polar surface area (TPSA) is 98.7 Å². The van der Waals surface area contributed by atoms with E-state index < -0.39 is 12.6 Å². The number of alkyl halides is 1. The molecule has 3 aromatic rings. The van der Waals surface area contributed by atoms with Crippen LogP contribution in [-0.2, 0) is 4.79 Å². The maximum absolute atomic E-state index is 12.2. The summed E-state index contributed by atoms with van der Waals surface area (Å²) in [6.45, 7) is -0.738. The van der Waals surface area contributed by atoms with E-state index >= 15 is 0 Å². The van der Waals surface area contributed by atoms with Crippen LogP contribution in [0.25, 0.3) is 17.4 Å². The molecule has 0 aliphatic carbocycles. The average molecular weight is 302 g/mol. The van der Waals surface area contributed by atoms with Gasteiger partial charge in [-0.25, -0.2) is 19.6 Å². The Morgan fingerprint density at radius 2 is 2.32 bits per heavy atom. The summed E-state index contributed by atoms with van der Waals surface area (Å²) >= 11 is 0. The Balaban J connectivity index is 2.00. The highest BCUT2D eigenvalue weighted by Crippen LogP contribution is 2.20. The number of amides is 1. The first-order valence-electron chi connectivity index (χ1n) is 6.40. The van der Waals surface area contributed by atoms with Crippen LogP contribution < -0.4 is 5.32 Å². The van der Waals surface area contributed by atoms with Gasteiger partial charge in [0.2, 0.25) is 5.91 Å². The number of carbonyl (C=O) groups is 1. The molecule has 0 saturated carbocycles. The smallest absolute Gasteiger partial charge is 0.228 e. The van der Waals surface area contributed by atoms with E-state index in [2.05, 4.69) is 25.4 Å². The molecule has 0 aromatic carbocycles. The normalized spacial score (nSPS) is 10.6. The predicted molar refractivity (Wildman–Crippen MR) is 73.9 cm³/mol. The predicted octanol–water partition coefficient (Wildman–Crippen LogP) is 1.62. The Bertz CT molecular complexity index is 704. The van der Waals surface area contributed by atoms with E-state index in [1.165, 1.54) is 29.7 Å². The van der Waals surface area contributed by atoms with Crippen LogP contribution >= 0.6 is 0 Å². The van der Waals surface area contributed by atoms with E-state index in [1.54, 1.807) is 12.1 Å². The number of nitrogens with zero attached hydrogens (tertiary/aromatic N) is 5. The number of hydrogen-bond acceptors (Lipinski definition) is 6. The van der Waals surface area contributed by atoms with Gasteiger partial charge in [-0.2, -0.15) is 5.10 Å². The molecule has 112 valence electrons. The number of furan rings is 1. The van der Waals surface area contributed by atoms with Gasteiger partial charge in [0.05, 0.1) is 19.4 Å². The Morgan fingerprint density at radius 1 is 1.41 bits per heavy atom. The second kappa shape index (κ2) is 6.12. The van der Waals surface area contributed by atoms with Crippen LogP contribution in [-0.4, -0.2) is 37.3 Å². The molecule has 22 heavy (non-hydrogen) atoms. The van der Waals surface area contributed by atoms with E-state index in [9.17, 15) is 9.18 Å². The average Bonchev–Trinajstić information content (AvgIpc) is 3.21. The molecule has 0 aliphatic heterocycles. The molecule has 0 spiro atoms. The number of nitrogens with one attached hydrogen (secondary N) is 1. The third kappa shape index (κ3) is 2.97. The van der Waals surface area contributed by atoms with Gasteiger partial charge in [-0.15, -0.1) is 0 Å². The molecule has 3 aromatic heterocycles. The lowest BCUT2D eigenvalue weighted by atomic mass is 10.4. The molecule has 1 amide bonds.